The van der Waals surface area contributed by atoms with Crippen LogP contribution < -0.4 is 5.32 Å². The predicted octanol–water partition coefficient (Wildman–Crippen LogP) is 0.942. The van der Waals surface area contributed by atoms with Crippen LogP contribution in [0.15, 0.2) is 24.9 Å². The molecule has 0 saturated carbocycles. The summed E-state index contributed by atoms with van der Waals surface area (Å²) >= 11 is 0. The fourth-order valence-electron chi connectivity index (χ4n) is 0.978. The van der Waals surface area contributed by atoms with Crippen LogP contribution in [0.1, 0.15) is 13.8 Å². The average molecular weight is 205 g/mol. The Hall–Kier alpha value is -0.810. The summed E-state index contributed by atoms with van der Waals surface area (Å²) in [6.45, 7) is 10.3. The molecule has 0 unspecified atom stereocenters. The number of hydrogen-bond acceptors (Lipinski definition) is 3. The zero-order chi connectivity index (χ0) is 10.7. The third-order valence-corrected chi connectivity index (χ3v) is 2.38. The first-order chi connectivity index (χ1) is 5.66. The van der Waals surface area contributed by atoms with E-state index in [-0.39, 0.29) is 5.75 Å². The molecule has 0 saturated heterocycles. The van der Waals surface area contributed by atoms with Crippen molar-refractivity contribution in [1.82, 2.24) is 5.32 Å². The zero-order valence-electron chi connectivity index (χ0n) is 7.87. The molecule has 0 bridgehead atoms. The topological polar surface area (TPSA) is 66.4 Å². The lowest BCUT2D eigenvalue weighted by Crippen LogP contribution is -2.44. The summed E-state index contributed by atoms with van der Waals surface area (Å²) in [5.41, 5.74) is -0.229. The molecule has 0 aliphatic carbocycles. The molecule has 5 heteroatoms. The minimum atomic E-state index is -3.97. The van der Waals surface area contributed by atoms with Crippen LogP contribution in [0.25, 0.3) is 0 Å². The third-order valence-electron chi connectivity index (χ3n) is 1.29. The molecule has 0 radical (unpaired) electrons. The number of allylic oxidation sites excluding steroid dienone is 1. The van der Waals surface area contributed by atoms with Gasteiger partial charge in [0.15, 0.2) is 0 Å². The second kappa shape index (κ2) is 3.93. The van der Waals surface area contributed by atoms with Crippen molar-refractivity contribution < 1.29 is 13.0 Å². The van der Waals surface area contributed by atoms with Gasteiger partial charge in [-0.2, -0.15) is 8.42 Å². The van der Waals surface area contributed by atoms with Gasteiger partial charge in [0.05, 0.1) is 5.75 Å². The number of rotatable bonds is 5. The smallest absolute Gasteiger partial charge is 0.267 e. The van der Waals surface area contributed by atoms with E-state index < -0.39 is 15.7 Å². The standard InChI is InChI=1S/C8H15NO3S/c1-5-7(2)9-8(3,4)6-13(10,11)12/h5,9H,1-2,6H2,3-4H3,(H,10,11,12). The van der Waals surface area contributed by atoms with Crippen molar-refractivity contribution in [2.24, 2.45) is 0 Å². The highest BCUT2D eigenvalue weighted by atomic mass is 32.2. The van der Waals surface area contributed by atoms with Crippen LogP contribution in [0.2, 0.25) is 0 Å². The van der Waals surface area contributed by atoms with E-state index in [0.717, 1.165) is 0 Å². The normalized spacial score (nSPS) is 12.2. The quantitative estimate of drug-likeness (QED) is 0.518. The van der Waals surface area contributed by atoms with Gasteiger partial charge in [-0.05, 0) is 19.9 Å². The Balaban J connectivity index is 4.41. The summed E-state index contributed by atoms with van der Waals surface area (Å²) in [6, 6.07) is 0. The first-order valence-corrected chi connectivity index (χ1v) is 5.32. The molecule has 2 N–H and O–H groups in total. The summed E-state index contributed by atoms with van der Waals surface area (Å²) < 4.78 is 29.8. The zero-order valence-corrected chi connectivity index (χ0v) is 8.69. The summed E-state index contributed by atoms with van der Waals surface area (Å²) in [4.78, 5) is 0. The van der Waals surface area contributed by atoms with E-state index in [1.807, 2.05) is 0 Å². The van der Waals surface area contributed by atoms with Crippen LogP contribution in [-0.2, 0) is 10.1 Å². The van der Waals surface area contributed by atoms with Gasteiger partial charge in [0.2, 0.25) is 0 Å². The van der Waals surface area contributed by atoms with Gasteiger partial charge in [-0.3, -0.25) is 4.55 Å². The lowest BCUT2D eigenvalue weighted by Gasteiger charge is -2.25. The van der Waals surface area contributed by atoms with Gasteiger partial charge in [0.1, 0.15) is 0 Å². The lowest BCUT2D eigenvalue weighted by atomic mass is 10.1. The number of nitrogens with one attached hydrogen (secondary N) is 1. The highest BCUT2D eigenvalue weighted by Gasteiger charge is 2.24. The van der Waals surface area contributed by atoms with Crippen LogP contribution in [0.5, 0.6) is 0 Å². The molecule has 4 nitrogen and oxygen atoms in total. The third kappa shape index (κ3) is 6.36. The van der Waals surface area contributed by atoms with Gasteiger partial charge in [-0.25, -0.2) is 0 Å². The van der Waals surface area contributed by atoms with E-state index in [9.17, 15) is 8.42 Å². The van der Waals surface area contributed by atoms with E-state index in [4.69, 9.17) is 4.55 Å². The van der Waals surface area contributed by atoms with Crippen LogP contribution in [0, 0.1) is 0 Å². The van der Waals surface area contributed by atoms with E-state index in [0.29, 0.717) is 5.70 Å². The molecule has 13 heavy (non-hydrogen) atoms. The van der Waals surface area contributed by atoms with Crippen LogP contribution in [0.3, 0.4) is 0 Å². The van der Waals surface area contributed by atoms with Crippen molar-refractivity contribution in [2.75, 3.05) is 5.75 Å². The van der Waals surface area contributed by atoms with E-state index in [1.54, 1.807) is 13.8 Å². The van der Waals surface area contributed by atoms with Gasteiger partial charge in [-0.15, -0.1) is 0 Å². The van der Waals surface area contributed by atoms with E-state index in [1.165, 1.54) is 6.08 Å². The van der Waals surface area contributed by atoms with Crippen molar-refractivity contribution in [3.63, 3.8) is 0 Å². The van der Waals surface area contributed by atoms with Gasteiger partial charge in [0, 0.05) is 11.2 Å². The molecule has 0 aromatic heterocycles. The Labute approximate surface area is 79.1 Å². The minimum absolute atomic E-state index is 0.368. The summed E-state index contributed by atoms with van der Waals surface area (Å²) in [5.74, 6) is -0.368. The van der Waals surface area contributed by atoms with Crippen molar-refractivity contribution in [1.29, 1.82) is 0 Å². The van der Waals surface area contributed by atoms with Crippen LogP contribution in [-0.4, -0.2) is 24.3 Å². The van der Waals surface area contributed by atoms with E-state index >= 15 is 0 Å². The lowest BCUT2D eigenvalue weighted by molar-refractivity contribution is 0.432. The highest BCUT2D eigenvalue weighted by Crippen LogP contribution is 2.07. The molecular formula is C8H15NO3S. The molecule has 0 fully saturated rings. The SMILES string of the molecule is C=CC(=C)NC(C)(C)CS(=O)(=O)O. The Morgan fingerprint density at radius 2 is 2.08 bits per heavy atom. The summed E-state index contributed by atoms with van der Waals surface area (Å²) in [6.07, 6.45) is 1.48. The first-order valence-electron chi connectivity index (χ1n) is 3.71. The fraction of sp³-hybridized carbons (Fsp3) is 0.500. The molecule has 0 rings (SSSR count). The molecule has 76 valence electrons. The molecule has 0 aliphatic heterocycles. The van der Waals surface area contributed by atoms with Crippen molar-refractivity contribution >= 4 is 10.1 Å². The van der Waals surface area contributed by atoms with Gasteiger partial charge < -0.3 is 5.32 Å². The second-order valence-electron chi connectivity index (χ2n) is 3.46. The largest absolute Gasteiger partial charge is 0.380 e. The Bertz CT molecular complexity index is 303. The Kier molecular flexibility index (Phi) is 3.69. The summed E-state index contributed by atoms with van der Waals surface area (Å²) in [5, 5.41) is 2.81. The van der Waals surface area contributed by atoms with Crippen molar-refractivity contribution in [2.45, 2.75) is 19.4 Å². The van der Waals surface area contributed by atoms with Crippen LogP contribution >= 0.6 is 0 Å². The molecule has 0 amide bonds. The molecule has 0 heterocycles. The Morgan fingerprint density at radius 1 is 1.62 bits per heavy atom. The maximum absolute atomic E-state index is 10.6. The van der Waals surface area contributed by atoms with E-state index in [2.05, 4.69) is 18.5 Å². The predicted molar refractivity (Wildman–Crippen MR) is 53.0 cm³/mol. The molecule has 0 atom stereocenters. The maximum atomic E-state index is 10.6. The molecule has 0 aromatic rings. The molecule has 0 aromatic carbocycles. The second-order valence-corrected chi connectivity index (χ2v) is 4.92. The highest BCUT2D eigenvalue weighted by molar-refractivity contribution is 7.85. The average Bonchev–Trinajstić information content (AvgIpc) is 1.80. The fourth-order valence-corrected chi connectivity index (χ4v) is 1.96. The minimum Gasteiger partial charge on any atom is -0.380 e. The molecule has 0 aliphatic rings. The van der Waals surface area contributed by atoms with Gasteiger partial charge >= 0.3 is 0 Å². The Morgan fingerprint density at radius 3 is 2.38 bits per heavy atom. The van der Waals surface area contributed by atoms with Gasteiger partial charge in [-0.1, -0.05) is 13.2 Å². The van der Waals surface area contributed by atoms with Crippen molar-refractivity contribution in [3.8, 4) is 0 Å². The maximum Gasteiger partial charge on any atom is 0.267 e. The monoisotopic (exact) mass is 205 g/mol. The van der Waals surface area contributed by atoms with Crippen molar-refractivity contribution in [3.05, 3.63) is 24.9 Å². The first kappa shape index (κ1) is 12.2. The number of hydrogen-bond donors (Lipinski definition) is 2. The summed E-state index contributed by atoms with van der Waals surface area (Å²) in [7, 11) is -3.97. The van der Waals surface area contributed by atoms with Gasteiger partial charge in [0.25, 0.3) is 10.1 Å². The molecule has 0 spiro atoms. The van der Waals surface area contributed by atoms with Crippen LogP contribution in [0.4, 0.5) is 0 Å². The molecular weight excluding hydrogens is 190 g/mol.